The number of esters is 1. The van der Waals surface area contributed by atoms with Gasteiger partial charge in [-0.3, -0.25) is 14.3 Å². The molecule has 33 heavy (non-hydrogen) atoms. The van der Waals surface area contributed by atoms with Gasteiger partial charge in [0.05, 0.1) is 6.20 Å². The molecule has 0 radical (unpaired) electrons. The average Bonchev–Trinajstić information content (AvgIpc) is 3.07. The van der Waals surface area contributed by atoms with Gasteiger partial charge in [0.15, 0.2) is 6.23 Å². The molecule has 0 spiro atoms. The summed E-state index contributed by atoms with van der Waals surface area (Å²) in [5.74, 6) is -2.18. The van der Waals surface area contributed by atoms with Gasteiger partial charge in [0.2, 0.25) is 5.82 Å². The maximum absolute atomic E-state index is 13.5. The highest BCUT2D eigenvalue weighted by Gasteiger charge is 2.45. The Morgan fingerprint density at radius 3 is 2.61 bits per heavy atom. The molecule has 178 valence electrons. The van der Waals surface area contributed by atoms with Gasteiger partial charge in [-0.1, -0.05) is 30.3 Å². The molecule has 1 amide bonds. The number of nitrogens with zero attached hydrogens (tertiary/aromatic N) is 1. The van der Waals surface area contributed by atoms with Gasteiger partial charge in [-0.15, -0.1) is 0 Å². The average molecular weight is 467 g/mol. The number of aliphatic hydroxyl groups excluding tert-OH is 2. The Morgan fingerprint density at radius 1 is 1.21 bits per heavy atom. The van der Waals surface area contributed by atoms with E-state index in [1.165, 1.54) is 6.92 Å². The van der Waals surface area contributed by atoms with Gasteiger partial charge in [-0.2, -0.15) is 4.39 Å². The fraction of sp³-hybridized carbons (Fsp3) is 0.400. The highest BCUT2D eigenvalue weighted by molar-refractivity contribution is 5.80. The van der Waals surface area contributed by atoms with Crippen molar-refractivity contribution in [2.24, 2.45) is 0 Å². The molecule has 1 saturated heterocycles. The van der Waals surface area contributed by atoms with Crippen LogP contribution < -0.4 is 16.6 Å². The van der Waals surface area contributed by atoms with Crippen LogP contribution in [-0.2, 0) is 25.6 Å². The fourth-order valence-electron chi connectivity index (χ4n) is 3.04. The molecule has 2 aromatic rings. The zero-order valence-corrected chi connectivity index (χ0v) is 17.3. The van der Waals surface area contributed by atoms with Crippen LogP contribution >= 0.6 is 0 Å². The first kappa shape index (κ1) is 24.1. The number of aromatic nitrogens is 2. The number of hydrogen-bond donors (Lipinski definition) is 4. The summed E-state index contributed by atoms with van der Waals surface area (Å²) in [5.41, 5.74) is -1.56. The predicted octanol–water partition coefficient (Wildman–Crippen LogP) is -0.847. The van der Waals surface area contributed by atoms with Gasteiger partial charge in [0.25, 0.3) is 5.56 Å². The predicted molar refractivity (Wildman–Crippen MR) is 107 cm³/mol. The van der Waals surface area contributed by atoms with Crippen molar-refractivity contribution >= 4 is 12.1 Å². The summed E-state index contributed by atoms with van der Waals surface area (Å²) in [4.78, 5) is 48.7. The zero-order chi connectivity index (χ0) is 24.1. The van der Waals surface area contributed by atoms with Crippen LogP contribution in [0.15, 0.2) is 46.1 Å². The molecule has 4 N–H and O–H groups in total. The summed E-state index contributed by atoms with van der Waals surface area (Å²) in [6.07, 6.45) is -6.40. The maximum Gasteiger partial charge on any atom is 0.408 e. The van der Waals surface area contributed by atoms with E-state index in [1.54, 1.807) is 29.2 Å². The van der Waals surface area contributed by atoms with Crippen LogP contribution in [0, 0.1) is 5.82 Å². The van der Waals surface area contributed by atoms with E-state index in [0.29, 0.717) is 10.8 Å². The SMILES string of the molecule is C[C@H](NC(=O)OCc1ccccc1)C(=O)OC[C@H]1O[C@@H](n2cc(F)c(=O)[nH]c2=O)[C@@H](O)[C@@H]1O. The Labute approximate surface area is 185 Å². The Balaban J connectivity index is 1.51. The molecule has 0 unspecified atom stereocenters. The summed E-state index contributed by atoms with van der Waals surface area (Å²) in [7, 11) is 0. The van der Waals surface area contributed by atoms with E-state index >= 15 is 0 Å². The van der Waals surface area contributed by atoms with Gasteiger partial charge in [-0.05, 0) is 12.5 Å². The lowest BCUT2D eigenvalue weighted by Gasteiger charge is -2.18. The minimum absolute atomic E-state index is 0.000535. The summed E-state index contributed by atoms with van der Waals surface area (Å²) in [6, 6.07) is 7.78. The van der Waals surface area contributed by atoms with E-state index in [-0.39, 0.29) is 6.61 Å². The Kier molecular flexibility index (Phi) is 7.58. The molecule has 3 rings (SSSR count). The lowest BCUT2D eigenvalue weighted by atomic mass is 10.1. The van der Waals surface area contributed by atoms with Crippen molar-refractivity contribution in [3.05, 3.63) is 68.7 Å². The second-order valence-electron chi connectivity index (χ2n) is 7.25. The largest absolute Gasteiger partial charge is 0.461 e. The third-order valence-corrected chi connectivity index (χ3v) is 4.83. The van der Waals surface area contributed by atoms with E-state index in [4.69, 9.17) is 14.2 Å². The van der Waals surface area contributed by atoms with E-state index in [9.17, 15) is 33.8 Å². The van der Waals surface area contributed by atoms with Crippen LogP contribution in [0.5, 0.6) is 0 Å². The quantitative estimate of drug-likeness (QED) is 0.379. The number of ether oxygens (including phenoxy) is 3. The van der Waals surface area contributed by atoms with Crippen molar-refractivity contribution in [1.82, 2.24) is 14.9 Å². The number of carbonyl (C=O) groups is 2. The molecule has 5 atom stereocenters. The molecule has 1 aromatic heterocycles. The van der Waals surface area contributed by atoms with Crippen molar-refractivity contribution < 1.29 is 38.4 Å². The van der Waals surface area contributed by atoms with Crippen LogP contribution in [0.25, 0.3) is 0 Å². The van der Waals surface area contributed by atoms with Crippen molar-refractivity contribution in [2.45, 2.75) is 44.1 Å². The molecule has 0 saturated carbocycles. The van der Waals surface area contributed by atoms with E-state index in [2.05, 4.69) is 5.32 Å². The minimum Gasteiger partial charge on any atom is -0.461 e. The summed E-state index contributed by atoms with van der Waals surface area (Å²) in [6.45, 7) is 0.804. The highest BCUT2D eigenvalue weighted by atomic mass is 19.1. The molecule has 12 nitrogen and oxygen atoms in total. The molecule has 1 aliphatic rings. The number of benzene rings is 1. The van der Waals surface area contributed by atoms with Crippen LogP contribution in [0.1, 0.15) is 18.7 Å². The number of H-pyrrole nitrogens is 1. The Hall–Kier alpha value is -3.55. The van der Waals surface area contributed by atoms with Crippen LogP contribution in [0.4, 0.5) is 9.18 Å². The molecular formula is C20H22FN3O9. The monoisotopic (exact) mass is 467 g/mol. The molecule has 13 heteroatoms. The molecule has 1 aromatic carbocycles. The molecular weight excluding hydrogens is 445 g/mol. The maximum atomic E-state index is 13.5. The number of aliphatic hydroxyl groups is 2. The number of halogens is 1. The van der Waals surface area contributed by atoms with Crippen molar-refractivity contribution in [3.63, 3.8) is 0 Å². The lowest BCUT2D eigenvalue weighted by Crippen LogP contribution is -2.41. The topological polar surface area (TPSA) is 169 Å². The number of nitrogens with one attached hydrogen (secondary N) is 2. The van der Waals surface area contributed by atoms with Gasteiger partial charge in [0.1, 0.15) is 37.6 Å². The number of rotatable bonds is 7. The van der Waals surface area contributed by atoms with Crippen molar-refractivity contribution in [3.8, 4) is 0 Å². The normalized spacial score (nSPS) is 23.0. The van der Waals surface area contributed by atoms with Gasteiger partial charge in [-0.25, -0.2) is 14.4 Å². The summed E-state index contributed by atoms with van der Waals surface area (Å²) < 4.78 is 29.4. The number of amides is 1. The first-order chi connectivity index (χ1) is 15.7. The number of aromatic amines is 1. The van der Waals surface area contributed by atoms with Crippen LogP contribution in [0.2, 0.25) is 0 Å². The summed E-state index contributed by atoms with van der Waals surface area (Å²) in [5, 5.41) is 22.6. The van der Waals surface area contributed by atoms with E-state index in [0.717, 1.165) is 5.56 Å². The highest BCUT2D eigenvalue weighted by Crippen LogP contribution is 2.28. The second kappa shape index (κ2) is 10.4. The third-order valence-electron chi connectivity index (χ3n) is 4.83. The zero-order valence-electron chi connectivity index (χ0n) is 17.3. The van der Waals surface area contributed by atoms with E-state index in [1.807, 2.05) is 6.07 Å². The standard InChI is InChI=1S/C20H22FN3O9/c1-10(22-20(30)32-8-11-5-3-2-4-6-11)18(28)31-9-13-14(25)15(26)17(33-13)24-7-12(21)16(27)23-19(24)29/h2-7,10,13-15,17,25-26H,8-9H2,1H3,(H,22,30)(H,23,27,29)/t10-,13+,14+,15-,17+/m0/s1. The Bertz CT molecular complexity index is 1100. The number of hydrogen-bond acceptors (Lipinski definition) is 9. The molecule has 1 aliphatic heterocycles. The minimum atomic E-state index is -1.68. The van der Waals surface area contributed by atoms with Crippen LogP contribution in [0.3, 0.4) is 0 Å². The molecule has 1 fully saturated rings. The lowest BCUT2D eigenvalue weighted by molar-refractivity contribution is -0.152. The first-order valence-corrected chi connectivity index (χ1v) is 9.83. The van der Waals surface area contributed by atoms with Crippen molar-refractivity contribution in [2.75, 3.05) is 6.61 Å². The number of alkyl carbamates (subject to hydrolysis) is 1. The fourth-order valence-corrected chi connectivity index (χ4v) is 3.04. The summed E-state index contributed by atoms with van der Waals surface area (Å²) >= 11 is 0. The molecule has 2 heterocycles. The van der Waals surface area contributed by atoms with E-state index < -0.39 is 66.3 Å². The number of carbonyl (C=O) groups excluding carboxylic acids is 2. The van der Waals surface area contributed by atoms with Crippen molar-refractivity contribution in [1.29, 1.82) is 0 Å². The smallest absolute Gasteiger partial charge is 0.408 e. The third kappa shape index (κ3) is 5.83. The van der Waals surface area contributed by atoms with Gasteiger partial charge >= 0.3 is 17.8 Å². The van der Waals surface area contributed by atoms with Crippen LogP contribution in [-0.4, -0.2) is 62.8 Å². The first-order valence-electron chi connectivity index (χ1n) is 9.83. The second-order valence-corrected chi connectivity index (χ2v) is 7.25. The van der Waals surface area contributed by atoms with Gasteiger partial charge < -0.3 is 29.7 Å². The molecule has 0 bridgehead atoms. The Morgan fingerprint density at radius 2 is 1.91 bits per heavy atom. The molecule has 0 aliphatic carbocycles. The van der Waals surface area contributed by atoms with Gasteiger partial charge in [0, 0.05) is 0 Å².